The minimum atomic E-state index is 0.505. The van der Waals surface area contributed by atoms with Crippen LogP contribution < -0.4 is 10.1 Å². The number of aryl methyl sites for hydroxylation is 1. The highest BCUT2D eigenvalue weighted by Crippen LogP contribution is 2.27. The first-order valence-corrected chi connectivity index (χ1v) is 6.37. The predicted molar refractivity (Wildman–Crippen MR) is 69.8 cm³/mol. The fourth-order valence-corrected chi connectivity index (χ4v) is 2.09. The van der Waals surface area contributed by atoms with Gasteiger partial charge in [0.1, 0.15) is 5.75 Å². The van der Waals surface area contributed by atoms with E-state index in [2.05, 4.69) is 30.4 Å². The Morgan fingerprint density at radius 2 is 2.12 bits per heavy atom. The van der Waals surface area contributed by atoms with E-state index in [1.54, 1.807) is 0 Å². The Bertz CT molecular complexity index is 359. The molecule has 0 spiro atoms. The van der Waals surface area contributed by atoms with Crippen LogP contribution in [0.1, 0.15) is 25.3 Å². The van der Waals surface area contributed by atoms with Gasteiger partial charge in [0, 0.05) is 19.3 Å². The molecule has 2 rings (SSSR count). The second-order valence-electron chi connectivity index (χ2n) is 4.46. The zero-order valence-electron chi connectivity index (χ0n) is 10.7. The number of nitrogens with one attached hydrogen (secondary N) is 1. The van der Waals surface area contributed by atoms with Crippen LogP contribution in [0.3, 0.4) is 0 Å². The second-order valence-corrected chi connectivity index (χ2v) is 4.46. The van der Waals surface area contributed by atoms with Crippen molar-refractivity contribution in [3.05, 3.63) is 23.8 Å². The van der Waals surface area contributed by atoms with E-state index < -0.39 is 0 Å². The molecule has 0 bridgehead atoms. The van der Waals surface area contributed by atoms with E-state index in [0.29, 0.717) is 12.6 Å². The average Bonchev–Trinajstić information content (AvgIpc) is 2.34. The number of benzene rings is 1. The molecule has 0 radical (unpaired) electrons. The number of anilines is 1. The van der Waals surface area contributed by atoms with Gasteiger partial charge in [0.25, 0.3) is 0 Å². The molecule has 1 saturated heterocycles. The molecule has 0 amide bonds. The topological polar surface area (TPSA) is 30.5 Å². The van der Waals surface area contributed by atoms with Crippen molar-refractivity contribution < 1.29 is 9.47 Å². The zero-order valence-corrected chi connectivity index (χ0v) is 10.7. The SMILES string of the molecule is CCOc1cc(C)ccc1NC1CCOCC1. The van der Waals surface area contributed by atoms with Crippen LogP contribution >= 0.6 is 0 Å². The minimum absolute atomic E-state index is 0.505. The maximum Gasteiger partial charge on any atom is 0.142 e. The van der Waals surface area contributed by atoms with Crippen LogP contribution in [0.2, 0.25) is 0 Å². The molecule has 1 aliphatic rings. The van der Waals surface area contributed by atoms with E-state index in [4.69, 9.17) is 9.47 Å². The molecule has 17 heavy (non-hydrogen) atoms. The number of hydrogen-bond donors (Lipinski definition) is 1. The molecule has 1 aromatic rings. The monoisotopic (exact) mass is 235 g/mol. The molecule has 0 aromatic heterocycles. The molecule has 3 nitrogen and oxygen atoms in total. The average molecular weight is 235 g/mol. The molecule has 1 aliphatic heterocycles. The van der Waals surface area contributed by atoms with Crippen LogP contribution in [0.25, 0.3) is 0 Å². The first-order valence-electron chi connectivity index (χ1n) is 6.37. The van der Waals surface area contributed by atoms with Gasteiger partial charge >= 0.3 is 0 Å². The van der Waals surface area contributed by atoms with Crippen molar-refractivity contribution in [3.63, 3.8) is 0 Å². The summed E-state index contributed by atoms with van der Waals surface area (Å²) in [7, 11) is 0. The highest BCUT2D eigenvalue weighted by molar-refractivity contribution is 5.58. The van der Waals surface area contributed by atoms with E-state index in [0.717, 1.165) is 37.5 Å². The van der Waals surface area contributed by atoms with Crippen LogP contribution in [0, 0.1) is 6.92 Å². The largest absolute Gasteiger partial charge is 0.492 e. The summed E-state index contributed by atoms with van der Waals surface area (Å²) in [5, 5.41) is 3.56. The molecule has 3 heteroatoms. The van der Waals surface area contributed by atoms with Gasteiger partial charge in [-0.1, -0.05) is 6.07 Å². The van der Waals surface area contributed by atoms with E-state index in [-0.39, 0.29) is 0 Å². The summed E-state index contributed by atoms with van der Waals surface area (Å²) < 4.78 is 11.0. The van der Waals surface area contributed by atoms with Gasteiger partial charge < -0.3 is 14.8 Å². The lowest BCUT2D eigenvalue weighted by Crippen LogP contribution is -2.28. The summed E-state index contributed by atoms with van der Waals surface area (Å²) in [6.45, 7) is 6.51. The summed E-state index contributed by atoms with van der Waals surface area (Å²) in [6, 6.07) is 6.82. The van der Waals surface area contributed by atoms with E-state index in [1.165, 1.54) is 5.56 Å². The lowest BCUT2D eigenvalue weighted by molar-refractivity contribution is 0.0904. The maximum atomic E-state index is 5.67. The Morgan fingerprint density at radius 3 is 2.82 bits per heavy atom. The lowest BCUT2D eigenvalue weighted by atomic mass is 10.1. The first-order chi connectivity index (χ1) is 8.29. The van der Waals surface area contributed by atoms with E-state index >= 15 is 0 Å². The Labute approximate surface area is 103 Å². The second kappa shape index (κ2) is 5.92. The summed E-state index contributed by atoms with van der Waals surface area (Å²) in [5.41, 5.74) is 2.33. The molecule has 94 valence electrons. The number of hydrogen-bond acceptors (Lipinski definition) is 3. The van der Waals surface area contributed by atoms with Crippen LogP contribution in [0.4, 0.5) is 5.69 Å². The van der Waals surface area contributed by atoms with Crippen LogP contribution in [-0.2, 0) is 4.74 Å². The third kappa shape index (κ3) is 3.37. The quantitative estimate of drug-likeness (QED) is 0.870. The lowest BCUT2D eigenvalue weighted by Gasteiger charge is -2.25. The summed E-state index contributed by atoms with van der Waals surface area (Å²) >= 11 is 0. The van der Waals surface area contributed by atoms with E-state index in [1.807, 2.05) is 6.92 Å². The Kier molecular flexibility index (Phi) is 4.26. The van der Waals surface area contributed by atoms with Crippen molar-refractivity contribution in [2.45, 2.75) is 32.7 Å². The van der Waals surface area contributed by atoms with Gasteiger partial charge in [0.2, 0.25) is 0 Å². The predicted octanol–water partition coefficient (Wildman–Crippen LogP) is 2.98. The maximum absolute atomic E-state index is 5.67. The molecule has 0 aliphatic carbocycles. The van der Waals surface area contributed by atoms with Gasteiger partial charge in [-0.05, 0) is 44.4 Å². The van der Waals surface area contributed by atoms with Crippen molar-refractivity contribution in [3.8, 4) is 5.75 Å². The van der Waals surface area contributed by atoms with Crippen molar-refractivity contribution in [1.29, 1.82) is 0 Å². The fourth-order valence-electron chi connectivity index (χ4n) is 2.09. The Morgan fingerprint density at radius 1 is 1.35 bits per heavy atom. The molecule has 1 fully saturated rings. The smallest absolute Gasteiger partial charge is 0.142 e. The molecular formula is C14H21NO2. The number of ether oxygens (including phenoxy) is 2. The van der Waals surface area contributed by atoms with Crippen LogP contribution in [0.5, 0.6) is 5.75 Å². The van der Waals surface area contributed by atoms with Crippen LogP contribution in [-0.4, -0.2) is 25.9 Å². The van der Waals surface area contributed by atoms with Crippen molar-refractivity contribution in [1.82, 2.24) is 0 Å². The Hall–Kier alpha value is -1.22. The minimum Gasteiger partial charge on any atom is -0.492 e. The zero-order chi connectivity index (χ0) is 12.1. The van der Waals surface area contributed by atoms with Crippen LogP contribution in [0.15, 0.2) is 18.2 Å². The third-order valence-corrected chi connectivity index (χ3v) is 3.02. The molecule has 1 aromatic carbocycles. The van der Waals surface area contributed by atoms with Gasteiger partial charge in [-0.25, -0.2) is 0 Å². The third-order valence-electron chi connectivity index (χ3n) is 3.02. The van der Waals surface area contributed by atoms with Gasteiger partial charge in [-0.3, -0.25) is 0 Å². The number of rotatable bonds is 4. The normalized spacial score (nSPS) is 16.8. The van der Waals surface area contributed by atoms with Gasteiger partial charge in [-0.15, -0.1) is 0 Å². The van der Waals surface area contributed by atoms with Gasteiger partial charge in [0.15, 0.2) is 0 Å². The molecule has 1 N–H and O–H groups in total. The Balaban J connectivity index is 2.07. The highest BCUT2D eigenvalue weighted by Gasteiger charge is 2.15. The molecule has 1 heterocycles. The van der Waals surface area contributed by atoms with Crippen molar-refractivity contribution in [2.75, 3.05) is 25.1 Å². The standard InChI is InChI=1S/C14H21NO2/c1-3-17-14-10-11(2)4-5-13(14)15-12-6-8-16-9-7-12/h4-5,10,12,15H,3,6-9H2,1-2H3. The first kappa shape index (κ1) is 12.2. The summed E-state index contributed by atoms with van der Waals surface area (Å²) in [6.07, 6.45) is 2.14. The summed E-state index contributed by atoms with van der Waals surface area (Å²) in [4.78, 5) is 0. The molecule has 0 saturated carbocycles. The summed E-state index contributed by atoms with van der Waals surface area (Å²) in [5.74, 6) is 0.957. The molecular weight excluding hydrogens is 214 g/mol. The van der Waals surface area contributed by atoms with Crippen molar-refractivity contribution >= 4 is 5.69 Å². The van der Waals surface area contributed by atoms with E-state index in [9.17, 15) is 0 Å². The molecule has 0 atom stereocenters. The van der Waals surface area contributed by atoms with Gasteiger partial charge in [-0.2, -0.15) is 0 Å². The van der Waals surface area contributed by atoms with Gasteiger partial charge in [0.05, 0.1) is 12.3 Å². The highest BCUT2D eigenvalue weighted by atomic mass is 16.5. The fraction of sp³-hybridized carbons (Fsp3) is 0.571. The molecule has 0 unspecified atom stereocenters. The van der Waals surface area contributed by atoms with Crippen molar-refractivity contribution in [2.24, 2.45) is 0 Å².